The highest BCUT2D eigenvalue weighted by Gasteiger charge is 2.52. The van der Waals surface area contributed by atoms with Crippen LogP contribution in [-0.4, -0.2) is 141 Å². The summed E-state index contributed by atoms with van der Waals surface area (Å²) >= 11 is 0. The van der Waals surface area contributed by atoms with Gasteiger partial charge in [-0.05, 0) is 66.7 Å². The molecule has 4 heterocycles. The highest BCUT2D eigenvalue weighted by Crippen LogP contribution is 2.61. The van der Waals surface area contributed by atoms with Gasteiger partial charge in [0.05, 0.1) is 110 Å². The zero-order valence-corrected chi connectivity index (χ0v) is 61.8. The molecule has 8 aromatic carbocycles. The number of rotatable bonds is 24. The highest BCUT2D eigenvalue weighted by atomic mass is 16.6. The van der Waals surface area contributed by atoms with Gasteiger partial charge >= 0.3 is 23.9 Å². The molecule has 0 spiro atoms. The molecule has 4 aliphatic heterocycles. The largest absolute Gasteiger partial charge is 0.497 e. The Morgan fingerprint density at radius 1 is 0.292 bits per heavy atom. The highest BCUT2D eigenvalue weighted by molar-refractivity contribution is 5.72. The Morgan fingerprint density at radius 3 is 1.00 bits per heavy atom. The van der Waals surface area contributed by atoms with Gasteiger partial charge in [-0.15, -0.1) is 0 Å². The summed E-state index contributed by atoms with van der Waals surface area (Å²) in [5.41, 5.74) is 5.24. The third kappa shape index (κ3) is 13.9. The van der Waals surface area contributed by atoms with Crippen molar-refractivity contribution in [1.29, 1.82) is 0 Å². The van der Waals surface area contributed by atoms with Crippen LogP contribution in [0, 0.1) is 0 Å². The van der Waals surface area contributed by atoms with E-state index in [4.69, 9.17) is 99.5 Å². The lowest BCUT2D eigenvalue weighted by molar-refractivity contribution is -0.154. The average molecular weight is 1460 g/mol. The Morgan fingerprint density at radius 2 is 0.632 bits per heavy atom. The van der Waals surface area contributed by atoms with Crippen LogP contribution in [0.3, 0.4) is 0 Å². The molecule has 558 valence electrons. The molecular weight excluding hydrogens is 1370 g/mol. The van der Waals surface area contributed by atoms with Crippen LogP contribution in [-0.2, 0) is 44.5 Å². The minimum absolute atomic E-state index is 0.0279. The smallest absolute Gasteiger partial charge is 0.303 e. The van der Waals surface area contributed by atoms with E-state index in [1.807, 2.05) is 18.2 Å². The zero-order chi connectivity index (χ0) is 75.5. The molecule has 0 bridgehead atoms. The van der Waals surface area contributed by atoms with Crippen molar-refractivity contribution in [2.24, 2.45) is 0 Å². The van der Waals surface area contributed by atoms with Crippen molar-refractivity contribution in [3.8, 4) is 97.7 Å². The van der Waals surface area contributed by atoms with Crippen LogP contribution in [0.1, 0.15) is 131 Å². The van der Waals surface area contributed by atoms with Crippen LogP contribution < -0.4 is 80.5 Å². The normalized spacial score (nSPS) is 20.8. The first-order chi connectivity index (χ1) is 51.2. The summed E-state index contributed by atoms with van der Waals surface area (Å²) < 4.78 is 133. The maximum Gasteiger partial charge on any atom is 0.303 e. The molecule has 0 amide bonds. The predicted molar refractivity (Wildman–Crippen MR) is 382 cm³/mol. The second-order valence-electron chi connectivity index (χ2n) is 25.3. The number of esters is 4. The van der Waals surface area contributed by atoms with Gasteiger partial charge in [0.25, 0.3) is 0 Å². The molecule has 0 N–H and O–H groups in total. The minimum Gasteiger partial charge on any atom is -0.497 e. The number of carbonyl (C=O) groups excluding carboxylic acids is 4. The molecule has 0 aromatic heterocycles. The molecule has 0 fully saturated rings. The lowest BCUT2D eigenvalue weighted by atomic mass is 9.73. The monoisotopic (exact) mass is 1460 g/mol. The van der Waals surface area contributed by atoms with Gasteiger partial charge in [0.15, 0.2) is 88.7 Å². The second-order valence-corrected chi connectivity index (χ2v) is 25.3. The molecule has 0 aliphatic carbocycles. The standard InChI is InChI=1S/C81H84O25/c1-39(82)99-69-35-53-63(103-74(69)43-18-24-54(87-6)64(28-43)93-12)38-68(97-16)73(78(53)98-17)72-52-34-50(59(92-11)37-62(52)106-77(81(72)102-42(4)85)46-21-27-57(90-9)67(31-46)96-15)71-51-33-49(58(91-10)36-61(51)105-76(80(71)101-41(3)84)45-20-26-56(89-8)66(30-45)95-14)70-48-23-22-47(86-5)32-60(48)104-75(79(70)100-40(2)83)44-19-25-55(88-7)65(29-44)94-13/h18-34,36-38,69-72,74-77,79-81H,35H2,1-17H3/t69-,70-,71-,72+,74+,75-,76-,77-,79+,80+,81+/m0/s1. The van der Waals surface area contributed by atoms with E-state index >= 15 is 0 Å². The van der Waals surface area contributed by atoms with Crippen molar-refractivity contribution in [3.05, 3.63) is 183 Å². The number of fused-ring (bicyclic) bond motifs is 4. The topological polar surface area (TPSA) is 262 Å². The average Bonchev–Trinajstić information content (AvgIpc) is 0.719. The Balaban J connectivity index is 1.16. The van der Waals surface area contributed by atoms with Crippen molar-refractivity contribution in [1.82, 2.24) is 0 Å². The molecule has 8 aromatic rings. The Kier molecular flexibility index (Phi) is 21.8. The Labute approximate surface area is 613 Å². The molecule has 25 heteroatoms. The van der Waals surface area contributed by atoms with E-state index in [-0.39, 0.29) is 35.2 Å². The molecule has 25 nitrogen and oxygen atoms in total. The molecule has 0 radical (unpaired) electrons. The fraction of sp³-hybridized carbons (Fsp3) is 0.358. The number of hydrogen-bond acceptors (Lipinski definition) is 25. The quantitative estimate of drug-likeness (QED) is 0.0402. The maximum absolute atomic E-state index is 14.3. The third-order valence-corrected chi connectivity index (χ3v) is 19.5. The van der Waals surface area contributed by atoms with E-state index < -0.39 is 90.5 Å². The molecule has 0 saturated heterocycles. The number of hydrogen-bond donors (Lipinski definition) is 0. The van der Waals surface area contributed by atoms with Gasteiger partial charge in [0.2, 0.25) is 0 Å². The summed E-state index contributed by atoms with van der Waals surface area (Å²) in [6, 6.07) is 35.4. The van der Waals surface area contributed by atoms with Crippen LogP contribution in [0.25, 0.3) is 0 Å². The van der Waals surface area contributed by atoms with E-state index in [1.54, 1.807) is 110 Å². The first-order valence-electron chi connectivity index (χ1n) is 33.9. The number of methoxy groups -OCH3 is 13. The first-order valence-corrected chi connectivity index (χ1v) is 33.9. The van der Waals surface area contributed by atoms with Crippen molar-refractivity contribution < 1.29 is 119 Å². The van der Waals surface area contributed by atoms with Gasteiger partial charge in [-0.1, -0.05) is 30.3 Å². The van der Waals surface area contributed by atoms with Crippen molar-refractivity contribution in [2.45, 2.75) is 101 Å². The SMILES string of the molecule is COc1ccc2c(c1)O[C@@H](c1ccc(OC)c(OC)c1)[C@H](OC(C)=O)[C@@H]2c1cc2c(cc1OC)O[C@@H](c1ccc(OC)c(OC)c1)[C@H](OC(C)=O)[C@H]2c1cc2c(cc1OC)O[C@@H](c1ccc(OC)c(OC)c1)[C@H](OC(C)=O)[C@H]2c1c(OC)cc2c(c1OC)C[C@H](OC(C)=O)[C@@H](c1ccc(OC)c(OC)c1)O2. The number of benzene rings is 8. The van der Waals surface area contributed by atoms with E-state index in [1.165, 1.54) is 113 Å². The van der Waals surface area contributed by atoms with E-state index in [0.29, 0.717) is 130 Å². The van der Waals surface area contributed by atoms with Gasteiger partial charge in [-0.25, -0.2) is 0 Å². The second kappa shape index (κ2) is 31.3. The Hall–Kier alpha value is -11.8. The van der Waals surface area contributed by atoms with Crippen LogP contribution in [0.5, 0.6) is 97.7 Å². The molecular formula is C81H84O25. The fourth-order valence-electron chi connectivity index (χ4n) is 15.0. The predicted octanol–water partition coefficient (Wildman–Crippen LogP) is 13.0. The van der Waals surface area contributed by atoms with Gasteiger partial charge < -0.3 is 99.5 Å². The third-order valence-electron chi connectivity index (χ3n) is 19.5. The lowest BCUT2D eigenvalue weighted by Crippen LogP contribution is -2.41. The van der Waals surface area contributed by atoms with E-state index in [9.17, 15) is 19.2 Å². The Bertz CT molecular complexity index is 4640. The summed E-state index contributed by atoms with van der Waals surface area (Å²) in [6.07, 6.45) is -8.93. The van der Waals surface area contributed by atoms with Crippen LogP contribution in [0.4, 0.5) is 0 Å². The maximum atomic E-state index is 14.3. The summed E-state index contributed by atoms with van der Waals surface area (Å²) in [5.74, 6) is 0.0943. The molecule has 4 aliphatic rings. The molecule has 11 atom stereocenters. The molecule has 12 rings (SSSR count). The fourth-order valence-corrected chi connectivity index (χ4v) is 15.0. The zero-order valence-electron chi connectivity index (χ0n) is 61.8. The van der Waals surface area contributed by atoms with Gasteiger partial charge in [0.1, 0.15) is 57.8 Å². The van der Waals surface area contributed by atoms with Crippen molar-refractivity contribution in [2.75, 3.05) is 92.4 Å². The van der Waals surface area contributed by atoms with Crippen LogP contribution >= 0.6 is 0 Å². The minimum atomic E-state index is -1.32. The summed E-state index contributed by atoms with van der Waals surface area (Å²) in [4.78, 5) is 55.6. The van der Waals surface area contributed by atoms with E-state index in [0.717, 1.165) is 0 Å². The summed E-state index contributed by atoms with van der Waals surface area (Å²) in [6.45, 7) is 5.23. The summed E-state index contributed by atoms with van der Waals surface area (Å²) in [5, 5.41) is 0. The van der Waals surface area contributed by atoms with Gasteiger partial charge in [-0.3, -0.25) is 19.2 Å². The van der Waals surface area contributed by atoms with Crippen LogP contribution in [0.15, 0.2) is 121 Å². The van der Waals surface area contributed by atoms with Crippen molar-refractivity contribution >= 4 is 23.9 Å². The lowest BCUT2D eigenvalue weighted by Gasteiger charge is -2.43. The molecule has 0 unspecified atom stereocenters. The number of carbonyl (C=O) groups is 4. The summed E-state index contributed by atoms with van der Waals surface area (Å²) in [7, 11) is 19.7. The number of ether oxygens (including phenoxy) is 21. The molecule has 0 saturated carbocycles. The van der Waals surface area contributed by atoms with Crippen LogP contribution in [0.2, 0.25) is 0 Å². The van der Waals surface area contributed by atoms with E-state index in [2.05, 4.69) is 0 Å². The van der Waals surface area contributed by atoms with Gasteiger partial charge in [0, 0.05) is 120 Å². The first kappa shape index (κ1) is 74.0. The van der Waals surface area contributed by atoms with Crippen molar-refractivity contribution in [3.63, 3.8) is 0 Å². The molecule has 106 heavy (non-hydrogen) atoms. The van der Waals surface area contributed by atoms with Gasteiger partial charge in [-0.2, -0.15) is 0 Å².